The van der Waals surface area contributed by atoms with E-state index in [1.54, 1.807) is 7.11 Å². The Balaban J connectivity index is 3.30. The summed E-state index contributed by atoms with van der Waals surface area (Å²) < 4.78 is 15.8. The number of hydrogen-bond acceptors (Lipinski definition) is 5. The second-order valence-electron chi connectivity index (χ2n) is 4.92. The lowest BCUT2D eigenvalue weighted by Gasteiger charge is -2.28. The first-order chi connectivity index (χ1) is 9.18. The van der Waals surface area contributed by atoms with E-state index in [1.807, 2.05) is 13.8 Å². The van der Waals surface area contributed by atoms with Gasteiger partial charge in [-0.05, 0) is 32.7 Å². The number of nitrogens with one attached hydrogen (secondary N) is 1. The summed E-state index contributed by atoms with van der Waals surface area (Å²) in [6, 6.07) is 0. The molecule has 0 aromatic heterocycles. The molecule has 0 aliphatic rings. The molecule has 0 aliphatic heterocycles. The van der Waals surface area contributed by atoms with Gasteiger partial charge in [0.25, 0.3) is 0 Å². The Labute approximate surface area is 117 Å². The molecule has 0 heterocycles. The fourth-order valence-corrected chi connectivity index (χ4v) is 1.82. The molecule has 0 bridgehead atoms. The van der Waals surface area contributed by atoms with Crippen molar-refractivity contribution in [1.29, 1.82) is 0 Å². The van der Waals surface area contributed by atoms with Gasteiger partial charge in [0.15, 0.2) is 0 Å². The Kier molecular flexibility index (Phi) is 12.7. The first kappa shape index (κ1) is 18.8. The van der Waals surface area contributed by atoms with Gasteiger partial charge in [-0.3, -0.25) is 0 Å². The van der Waals surface area contributed by atoms with Gasteiger partial charge < -0.3 is 24.6 Å². The fraction of sp³-hybridized carbons (Fsp3) is 1.00. The molecule has 1 unspecified atom stereocenters. The van der Waals surface area contributed by atoms with E-state index in [2.05, 4.69) is 5.32 Å². The van der Waals surface area contributed by atoms with Crippen LogP contribution in [-0.2, 0) is 14.2 Å². The first-order valence-corrected chi connectivity index (χ1v) is 7.19. The van der Waals surface area contributed by atoms with Crippen LogP contribution in [0, 0.1) is 0 Å². The zero-order valence-corrected chi connectivity index (χ0v) is 12.7. The molecule has 2 N–H and O–H groups in total. The number of aliphatic hydroxyl groups is 1. The predicted molar refractivity (Wildman–Crippen MR) is 76.5 cm³/mol. The molecule has 0 rings (SSSR count). The molecule has 0 fully saturated rings. The van der Waals surface area contributed by atoms with E-state index in [0.29, 0.717) is 13.2 Å². The van der Waals surface area contributed by atoms with E-state index < -0.39 is 0 Å². The Bertz CT molecular complexity index is 192. The molecule has 5 nitrogen and oxygen atoms in total. The van der Waals surface area contributed by atoms with Gasteiger partial charge in [-0.2, -0.15) is 0 Å². The minimum atomic E-state index is -0.179. The zero-order chi connectivity index (χ0) is 14.4. The van der Waals surface area contributed by atoms with E-state index in [0.717, 1.165) is 45.6 Å². The van der Waals surface area contributed by atoms with Crippen LogP contribution in [-0.4, -0.2) is 63.9 Å². The third-order valence-electron chi connectivity index (χ3n) is 2.98. The van der Waals surface area contributed by atoms with E-state index in [4.69, 9.17) is 14.2 Å². The van der Waals surface area contributed by atoms with Gasteiger partial charge >= 0.3 is 0 Å². The van der Waals surface area contributed by atoms with Crippen molar-refractivity contribution >= 4 is 0 Å². The second kappa shape index (κ2) is 12.8. The molecule has 0 radical (unpaired) electrons. The smallest absolute Gasteiger partial charge is 0.0700 e. The highest BCUT2D eigenvalue weighted by Crippen LogP contribution is 2.11. The van der Waals surface area contributed by atoms with Crippen LogP contribution in [0.5, 0.6) is 0 Å². The topological polar surface area (TPSA) is 60.0 Å². The number of hydrogen-bond donors (Lipinski definition) is 2. The third kappa shape index (κ3) is 11.3. The summed E-state index contributed by atoms with van der Waals surface area (Å²) >= 11 is 0. The highest BCUT2D eigenvalue weighted by atomic mass is 16.5. The highest BCUT2D eigenvalue weighted by Gasteiger charge is 2.20. The van der Waals surface area contributed by atoms with Gasteiger partial charge in [-0.1, -0.05) is 6.92 Å². The lowest BCUT2D eigenvalue weighted by molar-refractivity contribution is 0.0492. The van der Waals surface area contributed by atoms with Gasteiger partial charge in [0.05, 0.1) is 19.8 Å². The molecule has 0 amide bonds. The normalized spacial score (nSPS) is 14.5. The average Bonchev–Trinajstić information content (AvgIpc) is 2.41. The van der Waals surface area contributed by atoms with Crippen LogP contribution in [0.4, 0.5) is 0 Å². The van der Waals surface area contributed by atoms with Gasteiger partial charge in [-0.25, -0.2) is 0 Å². The molecule has 0 saturated heterocycles. The van der Waals surface area contributed by atoms with Crippen LogP contribution >= 0.6 is 0 Å². The highest BCUT2D eigenvalue weighted by molar-refractivity contribution is 4.81. The van der Waals surface area contributed by atoms with Crippen molar-refractivity contribution in [1.82, 2.24) is 5.32 Å². The number of methoxy groups -OCH3 is 1. The summed E-state index contributed by atoms with van der Waals surface area (Å²) in [4.78, 5) is 0. The molecule has 1 atom stereocenters. The van der Waals surface area contributed by atoms with Crippen LogP contribution < -0.4 is 5.32 Å². The summed E-state index contributed by atoms with van der Waals surface area (Å²) in [5.74, 6) is 0. The maximum atomic E-state index is 9.33. The standard InChI is InChI=1S/C14H31NO4/c1-4-15-14(2,13-16)7-5-8-18-9-6-10-19-12-11-17-3/h15-16H,4-13H2,1-3H3. The zero-order valence-electron chi connectivity index (χ0n) is 12.7. The summed E-state index contributed by atoms with van der Waals surface area (Å²) in [6.45, 7) is 8.59. The van der Waals surface area contributed by atoms with Crippen molar-refractivity contribution in [3.63, 3.8) is 0 Å². The molecule has 5 heteroatoms. The maximum Gasteiger partial charge on any atom is 0.0700 e. The Morgan fingerprint density at radius 3 is 2.21 bits per heavy atom. The molecular formula is C14H31NO4. The summed E-state index contributed by atoms with van der Waals surface area (Å²) in [5, 5.41) is 12.6. The molecular weight excluding hydrogens is 246 g/mol. The Hall–Kier alpha value is -0.200. The number of aliphatic hydroxyl groups excluding tert-OH is 1. The van der Waals surface area contributed by atoms with Crippen LogP contribution in [0.3, 0.4) is 0 Å². The van der Waals surface area contributed by atoms with Crippen molar-refractivity contribution < 1.29 is 19.3 Å². The molecule has 19 heavy (non-hydrogen) atoms. The lowest BCUT2D eigenvalue weighted by atomic mass is 9.97. The fourth-order valence-electron chi connectivity index (χ4n) is 1.82. The van der Waals surface area contributed by atoms with Crippen LogP contribution in [0.15, 0.2) is 0 Å². The quantitative estimate of drug-likeness (QED) is 0.467. The monoisotopic (exact) mass is 277 g/mol. The van der Waals surface area contributed by atoms with Gasteiger partial charge in [-0.15, -0.1) is 0 Å². The van der Waals surface area contributed by atoms with Crippen LogP contribution in [0.25, 0.3) is 0 Å². The number of likely N-dealkylation sites (N-methyl/N-ethyl adjacent to an activating group) is 1. The third-order valence-corrected chi connectivity index (χ3v) is 2.98. The predicted octanol–water partition coefficient (Wildman–Crippen LogP) is 1.20. The Morgan fingerprint density at radius 2 is 1.63 bits per heavy atom. The van der Waals surface area contributed by atoms with E-state index in [1.165, 1.54) is 0 Å². The first-order valence-electron chi connectivity index (χ1n) is 7.19. The van der Waals surface area contributed by atoms with Crippen molar-refractivity contribution in [2.75, 3.05) is 53.3 Å². The molecule has 0 spiro atoms. The van der Waals surface area contributed by atoms with Crippen molar-refractivity contribution in [2.45, 2.75) is 38.6 Å². The maximum absolute atomic E-state index is 9.33. The van der Waals surface area contributed by atoms with Crippen LogP contribution in [0.2, 0.25) is 0 Å². The second-order valence-corrected chi connectivity index (χ2v) is 4.92. The van der Waals surface area contributed by atoms with Gasteiger partial charge in [0.1, 0.15) is 0 Å². The average molecular weight is 277 g/mol. The SMILES string of the molecule is CCNC(C)(CO)CCCOCCCOCCOC. The number of ether oxygens (including phenoxy) is 3. The van der Waals surface area contributed by atoms with E-state index >= 15 is 0 Å². The minimum Gasteiger partial charge on any atom is -0.394 e. The van der Waals surface area contributed by atoms with Crippen molar-refractivity contribution in [3.8, 4) is 0 Å². The summed E-state index contributed by atoms with van der Waals surface area (Å²) in [6.07, 6.45) is 2.78. The van der Waals surface area contributed by atoms with Gasteiger partial charge in [0.2, 0.25) is 0 Å². The largest absolute Gasteiger partial charge is 0.394 e. The van der Waals surface area contributed by atoms with Crippen molar-refractivity contribution in [3.05, 3.63) is 0 Å². The van der Waals surface area contributed by atoms with Gasteiger partial charge in [0, 0.05) is 32.5 Å². The van der Waals surface area contributed by atoms with E-state index in [9.17, 15) is 5.11 Å². The molecule has 0 aromatic rings. The van der Waals surface area contributed by atoms with E-state index in [-0.39, 0.29) is 12.1 Å². The molecule has 116 valence electrons. The van der Waals surface area contributed by atoms with Crippen LogP contribution in [0.1, 0.15) is 33.1 Å². The minimum absolute atomic E-state index is 0.161. The lowest BCUT2D eigenvalue weighted by Crippen LogP contribution is -2.45. The molecule has 0 aromatic carbocycles. The molecule has 0 aliphatic carbocycles. The van der Waals surface area contributed by atoms with Crippen molar-refractivity contribution in [2.24, 2.45) is 0 Å². The summed E-state index contributed by atoms with van der Waals surface area (Å²) in [5.41, 5.74) is -0.179. The molecule has 0 saturated carbocycles. The Morgan fingerprint density at radius 1 is 1.00 bits per heavy atom. The number of rotatable bonds is 14. The summed E-state index contributed by atoms with van der Waals surface area (Å²) in [7, 11) is 1.67.